The lowest BCUT2D eigenvalue weighted by molar-refractivity contribution is 0.185. The predicted molar refractivity (Wildman–Crippen MR) is 81.8 cm³/mol. The molecule has 0 saturated heterocycles. The van der Waals surface area contributed by atoms with Gasteiger partial charge in [-0.15, -0.1) is 0 Å². The average molecular weight is 292 g/mol. The highest BCUT2D eigenvalue weighted by atomic mass is 32.2. The maximum atomic E-state index is 12.5. The van der Waals surface area contributed by atoms with Crippen molar-refractivity contribution in [2.24, 2.45) is 0 Å². The Morgan fingerprint density at radius 2 is 1.95 bits per heavy atom. The summed E-state index contributed by atoms with van der Waals surface area (Å²) < 4.78 is 25.1. The first-order valence-corrected chi connectivity index (χ1v) is 8.54. The van der Waals surface area contributed by atoms with Gasteiger partial charge >= 0.3 is 0 Å². The molecule has 0 spiro atoms. The van der Waals surface area contributed by atoms with E-state index in [9.17, 15) is 13.5 Å². The van der Waals surface area contributed by atoms with Crippen molar-refractivity contribution in [1.82, 2.24) is 0 Å². The van der Waals surface area contributed by atoms with E-state index >= 15 is 0 Å². The van der Waals surface area contributed by atoms with Crippen LogP contribution >= 0.6 is 0 Å². The van der Waals surface area contributed by atoms with Crippen LogP contribution in [0, 0.1) is 0 Å². The van der Waals surface area contributed by atoms with Gasteiger partial charge in [-0.05, 0) is 12.0 Å². The molecule has 108 valence electrons. The molecule has 0 amide bonds. The zero-order chi connectivity index (χ0) is 14.6. The normalized spacial score (nSPS) is 22.6. The van der Waals surface area contributed by atoms with Crippen molar-refractivity contribution in [3.05, 3.63) is 54.1 Å². The number of allylic oxidation sites excluding steroid dienone is 2. The minimum absolute atomic E-state index is 0.0119. The van der Waals surface area contributed by atoms with Gasteiger partial charge in [0.15, 0.2) is 14.8 Å². The molecule has 0 aliphatic heterocycles. The van der Waals surface area contributed by atoms with Gasteiger partial charge in [0.05, 0.1) is 5.75 Å². The van der Waals surface area contributed by atoms with Crippen molar-refractivity contribution in [2.75, 3.05) is 5.75 Å². The third kappa shape index (κ3) is 2.72. The minimum Gasteiger partial charge on any atom is -0.371 e. The van der Waals surface area contributed by atoms with E-state index in [1.807, 2.05) is 37.3 Å². The fourth-order valence-corrected chi connectivity index (χ4v) is 4.25. The molecule has 1 N–H and O–H groups in total. The van der Waals surface area contributed by atoms with E-state index in [0.29, 0.717) is 12.0 Å². The standard InChI is InChI=1S/C16H20O3S/c1-2-3-13-20(18,19)16(17)12-8-7-11-15(16)14-9-5-4-6-10-14/h4-11,17H,2-3,12-13H2,1H3. The third-order valence-electron chi connectivity index (χ3n) is 3.58. The molecule has 0 aromatic heterocycles. The summed E-state index contributed by atoms with van der Waals surface area (Å²) in [6.45, 7) is 1.94. The number of aliphatic hydroxyl groups is 1. The van der Waals surface area contributed by atoms with Crippen LogP contribution in [0.15, 0.2) is 48.6 Å². The second kappa shape index (κ2) is 5.94. The monoisotopic (exact) mass is 292 g/mol. The first kappa shape index (κ1) is 15.0. The molecule has 0 saturated carbocycles. The van der Waals surface area contributed by atoms with Crippen molar-refractivity contribution >= 4 is 15.4 Å². The molecule has 1 aliphatic rings. The number of sulfone groups is 1. The molecular weight excluding hydrogens is 272 g/mol. The highest BCUT2D eigenvalue weighted by molar-refractivity contribution is 7.93. The smallest absolute Gasteiger partial charge is 0.195 e. The Bertz CT molecular complexity index is 614. The van der Waals surface area contributed by atoms with Crippen LogP contribution in [0.2, 0.25) is 0 Å². The Morgan fingerprint density at radius 1 is 1.25 bits per heavy atom. The zero-order valence-corrected chi connectivity index (χ0v) is 12.4. The Morgan fingerprint density at radius 3 is 2.60 bits per heavy atom. The summed E-state index contributed by atoms with van der Waals surface area (Å²) in [5, 5.41) is 10.8. The van der Waals surface area contributed by atoms with Gasteiger partial charge in [0, 0.05) is 12.0 Å². The summed E-state index contributed by atoms with van der Waals surface area (Å²) in [5.74, 6) is 0.0119. The summed E-state index contributed by atoms with van der Waals surface area (Å²) >= 11 is 0. The molecular formula is C16H20O3S. The van der Waals surface area contributed by atoms with E-state index in [2.05, 4.69) is 0 Å². The molecule has 3 nitrogen and oxygen atoms in total. The largest absolute Gasteiger partial charge is 0.371 e. The highest BCUT2D eigenvalue weighted by Gasteiger charge is 2.44. The van der Waals surface area contributed by atoms with Crippen molar-refractivity contribution in [3.63, 3.8) is 0 Å². The number of rotatable bonds is 5. The molecule has 1 unspecified atom stereocenters. The van der Waals surface area contributed by atoms with E-state index in [1.165, 1.54) is 0 Å². The van der Waals surface area contributed by atoms with Crippen molar-refractivity contribution < 1.29 is 13.5 Å². The molecule has 1 aromatic carbocycles. The van der Waals surface area contributed by atoms with Gasteiger partial charge in [0.25, 0.3) is 0 Å². The summed E-state index contributed by atoms with van der Waals surface area (Å²) in [6, 6.07) is 9.20. The summed E-state index contributed by atoms with van der Waals surface area (Å²) in [6.07, 6.45) is 6.66. The van der Waals surface area contributed by atoms with Gasteiger partial charge in [0.1, 0.15) is 0 Å². The average Bonchev–Trinajstić information content (AvgIpc) is 2.46. The summed E-state index contributed by atoms with van der Waals surface area (Å²) in [5.41, 5.74) is 1.22. The Hall–Kier alpha value is -1.39. The van der Waals surface area contributed by atoms with Crippen LogP contribution in [-0.4, -0.2) is 24.2 Å². The molecule has 1 aromatic rings. The Kier molecular flexibility index (Phi) is 4.45. The summed E-state index contributed by atoms with van der Waals surface area (Å²) in [4.78, 5) is -1.81. The van der Waals surface area contributed by atoms with Crippen LogP contribution in [0.25, 0.3) is 5.57 Å². The van der Waals surface area contributed by atoms with Gasteiger partial charge < -0.3 is 5.11 Å². The topological polar surface area (TPSA) is 54.4 Å². The predicted octanol–water partition coefficient (Wildman–Crippen LogP) is 2.93. The number of benzene rings is 1. The van der Waals surface area contributed by atoms with Crippen LogP contribution in [0.4, 0.5) is 0 Å². The fourth-order valence-electron chi connectivity index (χ4n) is 2.37. The van der Waals surface area contributed by atoms with Crippen molar-refractivity contribution in [1.29, 1.82) is 0 Å². The first-order chi connectivity index (χ1) is 9.51. The molecule has 0 radical (unpaired) electrons. The molecule has 4 heteroatoms. The minimum atomic E-state index is -3.61. The Labute approximate surface area is 120 Å². The quantitative estimate of drug-likeness (QED) is 0.908. The molecule has 2 rings (SSSR count). The fraction of sp³-hybridized carbons (Fsp3) is 0.375. The third-order valence-corrected chi connectivity index (χ3v) is 5.82. The lowest BCUT2D eigenvalue weighted by atomic mass is 9.94. The van der Waals surface area contributed by atoms with Crippen LogP contribution in [0.1, 0.15) is 31.7 Å². The van der Waals surface area contributed by atoms with Gasteiger partial charge in [-0.2, -0.15) is 0 Å². The SMILES string of the molecule is CCCCS(=O)(=O)C1(O)CC=CC=C1c1ccccc1. The van der Waals surface area contributed by atoms with Crippen LogP contribution in [0.5, 0.6) is 0 Å². The van der Waals surface area contributed by atoms with Crippen LogP contribution < -0.4 is 0 Å². The van der Waals surface area contributed by atoms with Crippen LogP contribution in [0.3, 0.4) is 0 Å². The van der Waals surface area contributed by atoms with E-state index in [0.717, 1.165) is 12.0 Å². The van der Waals surface area contributed by atoms with Gasteiger partial charge in [0.2, 0.25) is 0 Å². The van der Waals surface area contributed by atoms with Crippen LogP contribution in [-0.2, 0) is 9.84 Å². The first-order valence-electron chi connectivity index (χ1n) is 6.88. The van der Waals surface area contributed by atoms with E-state index < -0.39 is 14.8 Å². The molecule has 0 fully saturated rings. The molecule has 0 bridgehead atoms. The second-order valence-corrected chi connectivity index (χ2v) is 7.35. The van der Waals surface area contributed by atoms with Gasteiger partial charge in [-0.1, -0.05) is 61.9 Å². The maximum absolute atomic E-state index is 12.5. The molecule has 1 aliphatic carbocycles. The zero-order valence-electron chi connectivity index (χ0n) is 11.6. The molecule has 0 heterocycles. The van der Waals surface area contributed by atoms with Crippen molar-refractivity contribution in [3.8, 4) is 0 Å². The van der Waals surface area contributed by atoms with Gasteiger partial charge in [-0.3, -0.25) is 0 Å². The van der Waals surface area contributed by atoms with E-state index in [-0.39, 0.29) is 12.2 Å². The highest BCUT2D eigenvalue weighted by Crippen LogP contribution is 2.38. The number of hydrogen-bond donors (Lipinski definition) is 1. The van der Waals surface area contributed by atoms with Gasteiger partial charge in [-0.25, -0.2) is 8.42 Å². The van der Waals surface area contributed by atoms with Crippen molar-refractivity contribution in [2.45, 2.75) is 31.1 Å². The lowest BCUT2D eigenvalue weighted by Gasteiger charge is -2.31. The molecule has 20 heavy (non-hydrogen) atoms. The summed E-state index contributed by atoms with van der Waals surface area (Å²) in [7, 11) is -3.61. The maximum Gasteiger partial charge on any atom is 0.195 e. The number of hydrogen-bond acceptors (Lipinski definition) is 3. The lowest BCUT2D eigenvalue weighted by Crippen LogP contribution is -2.41. The van der Waals surface area contributed by atoms with E-state index in [4.69, 9.17) is 0 Å². The Balaban J connectivity index is 2.44. The molecule has 1 atom stereocenters. The van der Waals surface area contributed by atoms with E-state index in [1.54, 1.807) is 18.2 Å². The second-order valence-electron chi connectivity index (χ2n) is 5.04. The number of unbranched alkanes of at least 4 members (excludes halogenated alkanes) is 1.